The topological polar surface area (TPSA) is 18.5 Å². The van der Waals surface area contributed by atoms with Crippen molar-refractivity contribution in [2.75, 3.05) is 0 Å². The number of rotatable bonds is 0. The maximum absolute atomic E-state index is 6.34. The Hall–Kier alpha value is -2.18. The Bertz CT molecular complexity index is 858. The van der Waals surface area contributed by atoms with Crippen molar-refractivity contribution in [2.24, 2.45) is 0 Å². The zero-order chi connectivity index (χ0) is 20.0. The normalized spacial score (nSPS) is 15.6. The van der Waals surface area contributed by atoms with Crippen molar-refractivity contribution in [1.82, 2.24) is 0 Å². The molecule has 2 nitrogen and oxygen atoms in total. The fourth-order valence-corrected chi connectivity index (χ4v) is 4.51. The fourth-order valence-electron chi connectivity index (χ4n) is 3.05. The molecular formula is C24H30O2Si. The van der Waals surface area contributed by atoms with Crippen molar-refractivity contribution in [2.45, 2.75) is 65.5 Å². The Balaban J connectivity index is 2.19. The van der Waals surface area contributed by atoms with Gasteiger partial charge in [0.2, 0.25) is 0 Å². The maximum Gasteiger partial charge on any atom is 0.454 e. The van der Waals surface area contributed by atoms with Crippen molar-refractivity contribution in [3.05, 3.63) is 58.7 Å². The van der Waals surface area contributed by atoms with Gasteiger partial charge in [-0.1, -0.05) is 65.5 Å². The zero-order valence-electron chi connectivity index (χ0n) is 17.8. The first-order valence-electron chi connectivity index (χ1n) is 9.54. The van der Waals surface area contributed by atoms with E-state index in [0.717, 1.165) is 22.6 Å². The lowest BCUT2D eigenvalue weighted by Gasteiger charge is -2.27. The first-order chi connectivity index (χ1) is 12.4. The summed E-state index contributed by atoms with van der Waals surface area (Å²) in [6, 6.07) is 12.7. The Morgan fingerprint density at radius 2 is 1.04 bits per heavy atom. The van der Waals surface area contributed by atoms with E-state index in [-0.39, 0.29) is 10.8 Å². The van der Waals surface area contributed by atoms with E-state index < -0.39 is 8.56 Å². The summed E-state index contributed by atoms with van der Waals surface area (Å²) in [4.78, 5) is 0. The minimum Gasteiger partial charge on any atom is -0.511 e. The fraction of sp³-hybridized carbons (Fsp3) is 0.417. The number of fused-ring (bicyclic) bond motifs is 2. The number of hydrogen-bond donors (Lipinski definition) is 0. The van der Waals surface area contributed by atoms with Crippen LogP contribution < -0.4 is 8.85 Å². The molecule has 0 atom stereocenters. The van der Waals surface area contributed by atoms with Gasteiger partial charge in [0, 0.05) is 13.1 Å². The van der Waals surface area contributed by atoms with Crippen LogP contribution in [0.4, 0.5) is 0 Å². The monoisotopic (exact) mass is 378 g/mol. The summed E-state index contributed by atoms with van der Waals surface area (Å²) in [6.07, 6.45) is 0. The summed E-state index contributed by atoms with van der Waals surface area (Å²) >= 11 is 0. The third kappa shape index (κ3) is 4.39. The molecule has 0 N–H and O–H groups in total. The van der Waals surface area contributed by atoms with E-state index in [2.05, 4.69) is 90.7 Å². The molecule has 0 radical (unpaired) electrons. The molecule has 2 aromatic carbocycles. The average Bonchev–Trinajstić information content (AvgIpc) is 2.56. The van der Waals surface area contributed by atoms with E-state index in [1.165, 1.54) is 11.1 Å². The summed E-state index contributed by atoms with van der Waals surface area (Å²) in [5.74, 6) is 8.35. The number of hydrogen-bond acceptors (Lipinski definition) is 2. The second kappa shape index (κ2) is 6.46. The molecule has 0 bridgehead atoms. The van der Waals surface area contributed by atoms with E-state index in [1.807, 2.05) is 12.1 Å². The van der Waals surface area contributed by atoms with Crippen LogP contribution >= 0.6 is 0 Å². The molecule has 0 fully saturated rings. The van der Waals surface area contributed by atoms with Crippen LogP contribution in [-0.4, -0.2) is 8.56 Å². The van der Waals surface area contributed by atoms with Crippen LogP contribution in [0, 0.1) is 11.8 Å². The van der Waals surface area contributed by atoms with Gasteiger partial charge in [-0.25, -0.2) is 0 Å². The smallest absolute Gasteiger partial charge is 0.454 e. The van der Waals surface area contributed by atoms with Crippen LogP contribution in [0.15, 0.2) is 36.4 Å². The van der Waals surface area contributed by atoms with Gasteiger partial charge < -0.3 is 8.85 Å². The van der Waals surface area contributed by atoms with Gasteiger partial charge in [-0.15, -0.1) is 0 Å². The molecule has 1 aliphatic heterocycles. The predicted octanol–water partition coefficient (Wildman–Crippen LogP) is 6.15. The molecule has 2 aromatic rings. The van der Waals surface area contributed by atoms with Gasteiger partial charge in [-0.05, 0) is 46.2 Å². The summed E-state index contributed by atoms with van der Waals surface area (Å²) in [6.45, 7) is 17.4. The molecule has 1 aliphatic rings. The lowest BCUT2D eigenvalue weighted by atomic mass is 9.85. The van der Waals surface area contributed by atoms with E-state index in [1.54, 1.807) is 0 Å². The minimum atomic E-state index is -2.41. The molecule has 0 unspecified atom stereocenters. The van der Waals surface area contributed by atoms with Crippen LogP contribution in [0.25, 0.3) is 0 Å². The van der Waals surface area contributed by atoms with E-state index in [0.29, 0.717) is 0 Å². The summed E-state index contributed by atoms with van der Waals surface area (Å²) in [5.41, 5.74) is 4.50. The zero-order valence-corrected chi connectivity index (χ0v) is 18.8. The standard InChI is InChI=1S/C24H30O2Si/c1-23(2,3)19-11-13-21-17(15-19)9-10-18-16-20(24(4,5)6)12-14-22(18)26-27(7,8)25-21/h11-16H,1-8H3. The van der Waals surface area contributed by atoms with Gasteiger partial charge in [-0.2, -0.15) is 0 Å². The Labute approximate surface area is 165 Å². The van der Waals surface area contributed by atoms with Crippen molar-refractivity contribution in [1.29, 1.82) is 0 Å². The molecule has 142 valence electrons. The highest BCUT2D eigenvalue weighted by Crippen LogP contribution is 2.33. The first-order valence-corrected chi connectivity index (χ1v) is 12.4. The lowest BCUT2D eigenvalue weighted by molar-refractivity contribution is 0.398. The van der Waals surface area contributed by atoms with Crippen molar-refractivity contribution in [3.63, 3.8) is 0 Å². The summed E-state index contributed by atoms with van der Waals surface area (Å²) in [5, 5.41) is 0. The third-order valence-electron chi connectivity index (χ3n) is 4.73. The molecule has 3 rings (SSSR count). The lowest BCUT2D eigenvalue weighted by Crippen LogP contribution is -2.42. The summed E-state index contributed by atoms with van der Waals surface area (Å²) in [7, 11) is -2.41. The van der Waals surface area contributed by atoms with Crippen LogP contribution in [-0.2, 0) is 10.8 Å². The van der Waals surface area contributed by atoms with E-state index in [4.69, 9.17) is 8.85 Å². The average molecular weight is 379 g/mol. The second-order valence-corrected chi connectivity index (χ2v) is 13.0. The molecule has 1 heterocycles. The van der Waals surface area contributed by atoms with Gasteiger partial charge >= 0.3 is 8.56 Å². The van der Waals surface area contributed by atoms with Crippen molar-refractivity contribution >= 4 is 8.56 Å². The van der Waals surface area contributed by atoms with Crippen LogP contribution in [0.1, 0.15) is 63.8 Å². The molecular weight excluding hydrogens is 348 g/mol. The Kier molecular flexibility index (Phi) is 4.68. The second-order valence-electron chi connectivity index (χ2n) is 9.78. The molecule has 0 aliphatic carbocycles. The molecule has 27 heavy (non-hydrogen) atoms. The quantitative estimate of drug-likeness (QED) is 0.404. The largest absolute Gasteiger partial charge is 0.511 e. The highest BCUT2D eigenvalue weighted by molar-refractivity contribution is 6.66. The van der Waals surface area contributed by atoms with Gasteiger partial charge in [0.1, 0.15) is 11.5 Å². The summed E-state index contributed by atoms with van der Waals surface area (Å²) < 4.78 is 12.7. The molecule has 0 saturated carbocycles. The van der Waals surface area contributed by atoms with Gasteiger partial charge in [0.25, 0.3) is 0 Å². The van der Waals surface area contributed by atoms with Crippen molar-refractivity contribution < 1.29 is 8.85 Å². The van der Waals surface area contributed by atoms with Crippen LogP contribution in [0.3, 0.4) is 0 Å². The number of benzene rings is 2. The highest BCUT2D eigenvalue weighted by atomic mass is 28.4. The molecule has 0 saturated heterocycles. The van der Waals surface area contributed by atoms with Gasteiger partial charge in [-0.3, -0.25) is 0 Å². The molecule has 0 aromatic heterocycles. The van der Waals surface area contributed by atoms with E-state index >= 15 is 0 Å². The maximum atomic E-state index is 6.34. The third-order valence-corrected chi connectivity index (χ3v) is 6.16. The van der Waals surface area contributed by atoms with Crippen molar-refractivity contribution in [3.8, 4) is 23.3 Å². The Morgan fingerprint density at radius 3 is 1.37 bits per heavy atom. The van der Waals surface area contributed by atoms with Gasteiger partial charge in [0.15, 0.2) is 0 Å². The SMILES string of the molecule is CC(C)(C)c1ccc2c(c1)C#Cc1cc(C(C)(C)C)ccc1O[Si](C)(C)O2. The Morgan fingerprint density at radius 1 is 0.667 bits per heavy atom. The van der Waals surface area contributed by atoms with Gasteiger partial charge in [0.05, 0.1) is 11.1 Å². The van der Waals surface area contributed by atoms with Crippen LogP contribution in [0.5, 0.6) is 11.5 Å². The molecule has 0 amide bonds. The first kappa shape index (κ1) is 19.6. The molecule has 0 spiro atoms. The molecule has 3 heteroatoms. The van der Waals surface area contributed by atoms with Crippen LogP contribution in [0.2, 0.25) is 13.1 Å². The minimum absolute atomic E-state index is 0.0654. The van der Waals surface area contributed by atoms with E-state index in [9.17, 15) is 0 Å². The predicted molar refractivity (Wildman–Crippen MR) is 115 cm³/mol. The highest BCUT2D eigenvalue weighted by Gasteiger charge is 2.32.